The van der Waals surface area contributed by atoms with Gasteiger partial charge in [-0.3, -0.25) is 14.6 Å². The van der Waals surface area contributed by atoms with Crippen LogP contribution in [0.1, 0.15) is 54.4 Å². The van der Waals surface area contributed by atoms with Crippen LogP contribution in [-0.4, -0.2) is 59.4 Å². The lowest BCUT2D eigenvalue weighted by atomic mass is 9.87. The third-order valence-corrected chi connectivity index (χ3v) is 6.69. The standard InChI is InChI=1S/C26H34N4O3.ClH/c27-23-15-21(18-28-19-23)16-25(31)29-10-12-30(13-11-29)26(32)22-7-4-8-24(17-22)33-14-9-20-5-2-1-3-6-20;/h4,7-8,15,17-20H,1-3,5-6,9-14,16,27H2;1H. The van der Waals surface area contributed by atoms with Crippen molar-refractivity contribution in [1.82, 2.24) is 14.8 Å². The van der Waals surface area contributed by atoms with Gasteiger partial charge >= 0.3 is 0 Å². The minimum absolute atomic E-state index is 0. The number of pyridine rings is 1. The Morgan fingerprint density at radius 3 is 2.47 bits per heavy atom. The van der Waals surface area contributed by atoms with E-state index in [2.05, 4.69) is 4.98 Å². The smallest absolute Gasteiger partial charge is 0.254 e. The van der Waals surface area contributed by atoms with Crippen molar-refractivity contribution in [3.8, 4) is 5.75 Å². The average molecular weight is 487 g/mol. The third kappa shape index (κ3) is 7.10. The second-order valence-corrected chi connectivity index (χ2v) is 9.15. The van der Waals surface area contributed by atoms with Gasteiger partial charge in [-0.05, 0) is 42.2 Å². The molecule has 1 aliphatic carbocycles. The van der Waals surface area contributed by atoms with E-state index in [0.29, 0.717) is 44.0 Å². The average Bonchev–Trinajstić information content (AvgIpc) is 2.84. The Balaban J connectivity index is 0.00000324. The van der Waals surface area contributed by atoms with Gasteiger partial charge in [0.1, 0.15) is 5.75 Å². The van der Waals surface area contributed by atoms with Crippen LogP contribution >= 0.6 is 12.4 Å². The lowest BCUT2D eigenvalue weighted by molar-refractivity contribution is -0.131. The molecule has 34 heavy (non-hydrogen) atoms. The Morgan fingerprint density at radius 2 is 1.74 bits per heavy atom. The molecule has 2 aromatic rings. The molecule has 7 nitrogen and oxygen atoms in total. The largest absolute Gasteiger partial charge is 0.494 e. The molecule has 0 unspecified atom stereocenters. The molecule has 0 atom stereocenters. The number of hydrogen-bond acceptors (Lipinski definition) is 5. The maximum absolute atomic E-state index is 13.0. The minimum atomic E-state index is -0.0140. The quantitative estimate of drug-likeness (QED) is 0.639. The van der Waals surface area contributed by atoms with E-state index in [-0.39, 0.29) is 30.6 Å². The van der Waals surface area contributed by atoms with Crippen LogP contribution in [0, 0.1) is 5.92 Å². The van der Waals surface area contributed by atoms with Crippen molar-refractivity contribution in [2.24, 2.45) is 5.92 Å². The van der Waals surface area contributed by atoms with E-state index in [1.54, 1.807) is 23.4 Å². The third-order valence-electron chi connectivity index (χ3n) is 6.69. The summed E-state index contributed by atoms with van der Waals surface area (Å²) in [5.74, 6) is 1.54. The van der Waals surface area contributed by atoms with Crippen molar-refractivity contribution in [2.75, 3.05) is 38.5 Å². The number of carbonyl (C=O) groups excluding carboxylic acids is 2. The molecule has 4 rings (SSSR count). The first-order valence-corrected chi connectivity index (χ1v) is 12.1. The zero-order valence-corrected chi connectivity index (χ0v) is 20.5. The molecule has 2 fully saturated rings. The number of piperazine rings is 1. The number of nitrogens with two attached hydrogens (primary N) is 1. The van der Waals surface area contributed by atoms with Crippen molar-refractivity contribution in [2.45, 2.75) is 44.9 Å². The van der Waals surface area contributed by atoms with Crippen molar-refractivity contribution < 1.29 is 14.3 Å². The summed E-state index contributed by atoms with van der Waals surface area (Å²) in [6, 6.07) is 9.24. The predicted octanol–water partition coefficient (Wildman–Crippen LogP) is 3.96. The molecule has 8 heteroatoms. The minimum Gasteiger partial charge on any atom is -0.494 e. The highest BCUT2D eigenvalue weighted by atomic mass is 35.5. The SMILES string of the molecule is Cl.Nc1cncc(CC(=O)N2CCN(C(=O)c3cccc(OCCC4CCCCC4)c3)CC2)c1. The lowest BCUT2D eigenvalue weighted by Crippen LogP contribution is -2.51. The van der Waals surface area contributed by atoms with E-state index >= 15 is 0 Å². The molecule has 1 aromatic carbocycles. The molecule has 2 aliphatic rings. The maximum Gasteiger partial charge on any atom is 0.254 e. The number of ether oxygens (including phenoxy) is 1. The Hall–Kier alpha value is -2.80. The molecular weight excluding hydrogens is 452 g/mol. The number of halogens is 1. The molecule has 1 saturated carbocycles. The van der Waals surface area contributed by atoms with Crippen molar-refractivity contribution in [3.05, 3.63) is 53.9 Å². The highest BCUT2D eigenvalue weighted by Crippen LogP contribution is 2.26. The molecule has 2 heterocycles. The van der Waals surface area contributed by atoms with Gasteiger partial charge < -0.3 is 20.3 Å². The Bertz CT molecular complexity index is 957. The summed E-state index contributed by atoms with van der Waals surface area (Å²) in [4.78, 5) is 33.3. The fourth-order valence-corrected chi connectivity index (χ4v) is 4.77. The Morgan fingerprint density at radius 1 is 1.00 bits per heavy atom. The van der Waals surface area contributed by atoms with Gasteiger partial charge in [-0.1, -0.05) is 38.2 Å². The predicted molar refractivity (Wildman–Crippen MR) is 135 cm³/mol. The number of anilines is 1. The summed E-state index contributed by atoms with van der Waals surface area (Å²) in [5, 5.41) is 0. The molecule has 0 radical (unpaired) electrons. The van der Waals surface area contributed by atoms with E-state index in [1.807, 2.05) is 29.2 Å². The number of aromatic nitrogens is 1. The summed E-state index contributed by atoms with van der Waals surface area (Å²) in [6.45, 7) is 2.79. The van der Waals surface area contributed by atoms with Crippen LogP contribution in [-0.2, 0) is 11.2 Å². The van der Waals surface area contributed by atoms with Crippen molar-refractivity contribution in [1.29, 1.82) is 0 Å². The number of amides is 2. The van der Waals surface area contributed by atoms with Crippen LogP contribution in [0.3, 0.4) is 0 Å². The van der Waals surface area contributed by atoms with E-state index in [4.69, 9.17) is 10.5 Å². The van der Waals surface area contributed by atoms with Crippen LogP contribution in [0.4, 0.5) is 5.69 Å². The van der Waals surface area contributed by atoms with Gasteiger partial charge in [-0.25, -0.2) is 0 Å². The first-order valence-electron chi connectivity index (χ1n) is 12.1. The second-order valence-electron chi connectivity index (χ2n) is 9.15. The van der Waals surface area contributed by atoms with Crippen LogP contribution < -0.4 is 10.5 Å². The summed E-state index contributed by atoms with van der Waals surface area (Å²) in [7, 11) is 0. The Labute approximate surface area is 208 Å². The molecule has 1 aliphatic heterocycles. The normalized spacial score (nSPS) is 16.6. The summed E-state index contributed by atoms with van der Waals surface area (Å²) in [6.07, 6.45) is 11.2. The van der Waals surface area contributed by atoms with Crippen LogP contribution in [0.5, 0.6) is 5.75 Å². The molecule has 0 bridgehead atoms. The number of nitrogen functional groups attached to an aromatic ring is 1. The van der Waals surface area contributed by atoms with E-state index in [9.17, 15) is 9.59 Å². The molecule has 0 spiro atoms. The van der Waals surface area contributed by atoms with E-state index in [0.717, 1.165) is 23.7 Å². The monoisotopic (exact) mass is 486 g/mol. The Kier molecular flexibility index (Phi) is 9.57. The number of carbonyl (C=O) groups is 2. The maximum atomic E-state index is 13.0. The highest BCUT2D eigenvalue weighted by molar-refractivity contribution is 5.94. The topological polar surface area (TPSA) is 88.8 Å². The molecule has 2 amide bonds. The first kappa shape index (κ1) is 25.8. The first-order chi connectivity index (χ1) is 16.1. The molecule has 1 saturated heterocycles. The van der Waals surface area contributed by atoms with Gasteiger partial charge in [0.05, 0.1) is 18.7 Å². The number of rotatable bonds is 7. The second kappa shape index (κ2) is 12.6. The van der Waals surface area contributed by atoms with Gasteiger partial charge in [-0.2, -0.15) is 0 Å². The van der Waals surface area contributed by atoms with Crippen LogP contribution in [0.15, 0.2) is 42.7 Å². The number of hydrogen-bond donors (Lipinski definition) is 1. The zero-order valence-electron chi connectivity index (χ0n) is 19.7. The molecular formula is C26H35ClN4O3. The van der Waals surface area contributed by atoms with Crippen LogP contribution in [0.2, 0.25) is 0 Å². The lowest BCUT2D eigenvalue weighted by Gasteiger charge is -2.35. The molecule has 184 valence electrons. The van der Waals surface area contributed by atoms with Gasteiger partial charge in [0.15, 0.2) is 0 Å². The number of nitrogens with zero attached hydrogens (tertiary/aromatic N) is 3. The van der Waals surface area contributed by atoms with Gasteiger partial charge in [0.25, 0.3) is 5.91 Å². The van der Waals surface area contributed by atoms with Gasteiger partial charge in [0.2, 0.25) is 5.91 Å². The van der Waals surface area contributed by atoms with Gasteiger partial charge in [-0.15, -0.1) is 12.4 Å². The summed E-state index contributed by atoms with van der Waals surface area (Å²) in [5.41, 5.74) is 7.74. The zero-order chi connectivity index (χ0) is 23.0. The molecule has 1 aromatic heterocycles. The van der Waals surface area contributed by atoms with Crippen molar-refractivity contribution in [3.63, 3.8) is 0 Å². The fraction of sp³-hybridized carbons (Fsp3) is 0.500. The summed E-state index contributed by atoms with van der Waals surface area (Å²) >= 11 is 0. The van der Waals surface area contributed by atoms with Gasteiger partial charge in [0, 0.05) is 44.1 Å². The number of benzene rings is 1. The fourth-order valence-electron chi connectivity index (χ4n) is 4.77. The summed E-state index contributed by atoms with van der Waals surface area (Å²) < 4.78 is 5.96. The van der Waals surface area contributed by atoms with Crippen molar-refractivity contribution >= 4 is 29.9 Å². The molecule has 2 N–H and O–H groups in total. The van der Waals surface area contributed by atoms with E-state index < -0.39 is 0 Å². The van der Waals surface area contributed by atoms with E-state index in [1.165, 1.54) is 32.1 Å². The van der Waals surface area contributed by atoms with Crippen LogP contribution in [0.25, 0.3) is 0 Å². The highest BCUT2D eigenvalue weighted by Gasteiger charge is 2.25.